The average Bonchev–Trinajstić information content (AvgIpc) is 3.23. The zero-order chi connectivity index (χ0) is 21.9. The number of imidazole rings is 1. The van der Waals surface area contributed by atoms with Gasteiger partial charge in [-0.05, 0) is 12.0 Å². The summed E-state index contributed by atoms with van der Waals surface area (Å²) in [4.78, 5) is 44.1. The van der Waals surface area contributed by atoms with Crippen molar-refractivity contribution in [2.75, 3.05) is 0 Å². The lowest BCUT2D eigenvalue weighted by Gasteiger charge is -2.23. The Labute approximate surface area is 176 Å². The fourth-order valence-corrected chi connectivity index (χ4v) is 3.03. The maximum atomic E-state index is 12.9. The second kappa shape index (κ2) is 11.7. The van der Waals surface area contributed by atoms with Crippen molar-refractivity contribution in [3.05, 3.63) is 54.1 Å². The Bertz CT molecular complexity index is 809. The molecule has 0 aliphatic rings. The number of nitrogens with two attached hydrogens (primary N) is 2. The second-order valence-electron chi connectivity index (χ2n) is 7.24. The Hall–Kier alpha value is -3.20. The second-order valence-corrected chi connectivity index (χ2v) is 7.24. The summed E-state index contributed by atoms with van der Waals surface area (Å²) in [5.74, 6) is -1.54. The monoisotopic (exact) mass is 414 g/mol. The molecule has 9 heteroatoms. The van der Waals surface area contributed by atoms with E-state index in [1.807, 2.05) is 37.3 Å². The van der Waals surface area contributed by atoms with Crippen LogP contribution in [0.25, 0.3) is 0 Å². The number of H-pyrrole nitrogens is 1. The molecular formula is C21H30N6O3. The van der Waals surface area contributed by atoms with Crippen LogP contribution in [0.2, 0.25) is 0 Å². The number of carbonyl (C=O) groups excluding carboxylic acids is 3. The maximum Gasteiger partial charge on any atom is 0.243 e. The van der Waals surface area contributed by atoms with E-state index in [4.69, 9.17) is 11.5 Å². The Morgan fingerprint density at radius 3 is 2.37 bits per heavy atom. The number of aromatic amines is 1. The molecule has 0 saturated carbocycles. The van der Waals surface area contributed by atoms with Crippen molar-refractivity contribution >= 4 is 17.7 Å². The average molecular weight is 415 g/mol. The smallest absolute Gasteiger partial charge is 0.243 e. The van der Waals surface area contributed by atoms with Gasteiger partial charge in [-0.15, -0.1) is 0 Å². The molecule has 0 spiro atoms. The summed E-state index contributed by atoms with van der Waals surface area (Å²) in [5, 5.41) is 5.39. The van der Waals surface area contributed by atoms with Gasteiger partial charge in [-0.3, -0.25) is 14.4 Å². The standard InChI is InChI=1S/C21H30N6O3/c1-2-3-9-17(19(23)28)26-21(30)18(10-14-7-5-4-6-8-14)27-20(29)16(22)11-15-12-24-13-25-15/h4-8,12-13,16-18H,2-3,9-11,22H2,1H3,(H2,23,28)(H,24,25)(H,26,30)(H,27,29)/t16-,17-,18-/m0/s1. The number of aromatic nitrogens is 2. The Balaban J connectivity index is 2.09. The van der Waals surface area contributed by atoms with Gasteiger partial charge in [0.1, 0.15) is 12.1 Å². The van der Waals surface area contributed by atoms with Crippen LogP contribution in [0.5, 0.6) is 0 Å². The van der Waals surface area contributed by atoms with Crippen LogP contribution in [0.1, 0.15) is 37.4 Å². The molecule has 1 aromatic heterocycles. The molecule has 1 heterocycles. The quantitative estimate of drug-likeness (QED) is 0.335. The third-order valence-electron chi connectivity index (χ3n) is 4.75. The molecule has 162 valence electrons. The summed E-state index contributed by atoms with van der Waals surface area (Å²) in [7, 11) is 0. The summed E-state index contributed by atoms with van der Waals surface area (Å²) in [6.07, 6.45) is 5.67. The van der Waals surface area contributed by atoms with E-state index in [2.05, 4.69) is 20.6 Å². The van der Waals surface area contributed by atoms with Crippen molar-refractivity contribution in [3.8, 4) is 0 Å². The summed E-state index contributed by atoms with van der Waals surface area (Å²) >= 11 is 0. The van der Waals surface area contributed by atoms with Gasteiger partial charge in [0.2, 0.25) is 17.7 Å². The van der Waals surface area contributed by atoms with Gasteiger partial charge in [-0.1, -0.05) is 50.1 Å². The molecule has 0 saturated heterocycles. The molecule has 7 N–H and O–H groups in total. The molecule has 0 radical (unpaired) electrons. The number of unbranched alkanes of at least 4 members (excludes halogenated alkanes) is 1. The minimum absolute atomic E-state index is 0.256. The van der Waals surface area contributed by atoms with E-state index >= 15 is 0 Å². The highest BCUT2D eigenvalue weighted by atomic mass is 16.2. The molecule has 0 aliphatic carbocycles. The van der Waals surface area contributed by atoms with Crippen LogP contribution in [0, 0.1) is 0 Å². The van der Waals surface area contributed by atoms with Gasteiger partial charge < -0.3 is 27.1 Å². The number of hydrogen-bond donors (Lipinski definition) is 5. The summed E-state index contributed by atoms with van der Waals surface area (Å²) in [6, 6.07) is 6.75. The number of amides is 3. The van der Waals surface area contributed by atoms with Crippen molar-refractivity contribution in [1.82, 2.24) is 20.6 Å². The summed E-state index contributed by atoms with van der Waals surface area (Å²) < 4.78 is 0. The predicted octanol–water partition coefficient (Wildman–Crippen LogP) is 0.167. The van der Waals surface area contributed by atoms with Gasteiger partial charge >= 0.3 is 0 Å². The van der Waals surface area contributed by atoms with Gasteiger partial charge in [-0.2, -0.15) is 0 Å². The fourth-order valence-electron chi connectivity index (χ4n) is 3.03. The van der Waals surface area contributed by atoms with Crippen LogP contribution in [-0.4, -0.2) is 45.8 Å². The lowest BCUT2D eigenvalue weighted by molar-refractivity contribution is -0.131. The van der Waals surface area contributed by atoms with Crippen molar-refractivity contribution in [3.63, 3.8) is 0 Å². The number of primary amides is 1. The molecule has 3 amide bonds. The van der Waals surface area contributed by atoms with Crippen molar-refractivity contribution in [2.24, 2.45) is 11.5 Å². The first-order chi connectivity index (χ1) is 14.4. The van der Waals surface area contributed by atoms with E-state index in [1.54, 1.807) is 6.20 Å². The van der Waals surface area contributed by atoms with Gasteiger partial charge in [0.05, 0.1) is 12.4 Å². The number of carbonyl (C=O) groups is 3. The number of hydrogen-bond acceptors (Lipinski definition) is 5. The number of nitrogens with zero attached hydrogens (tertiary/aromatic N) is 1. The van der Waals surface area contributed by atoms with Gasteiger partial charge in [0.15, 0.2) is 0 Å². The van der Waals surface area contributed by atoms with Gasteiger partial charge in [0, 0.05) is 24.7 Å². The third kappa shape index (κ3) is 7.32. The largest absolute Gasteiger partial charge is 0.368 e. The first-order valence-corrected chi connectivity index (χ1v) is 10.1. The first kappa shape index (κ1) is 23.1. The molecule has 0 aliphatic heterocycles. The van der Waals surface area contributed by atoms with Gasteiger partial charge in [-0.25, -0.2) is 4.98 Å². The lowest BCUT2D eigenvalue weighted by Crippen LogP contribution is -2.56. The van der Waals surface area contributed by atoms with E-state index < -0.39 is 35.8 Å². The Kier molecular flexibility index (Phi) is 9.02. The summed E-state index contributed by atoms with van der Waals surface area (Å²) in [6.45, 7) is 1.99. The van der Waals surface area contributed by atoms with E-state index in [0.29, 0.717) is 6.42 Å². The summed E-state index contributed by atoms with van der Waals surface area (Å²) in [5.41, 5.74) is 13.0. The predicted molar refractivity (Wildman–Crippen MR) is 113 cm³/mol. The van der Waals surface area contributed by atoms with Crippen molar-refractivity contribution < 1.29 is 14.4 Å². The zero-order valence-electron chi connectivity index (χ0n) is 17.1. The molecule has 1 aromatic carbocycles. The molecule has 2 rings (SSSR count). The molecule has 0 bridgehead atoms. The van der Waals surface area contributed by atoms with Crippen molar-refractivity contribution in [2.45, 2.75) is 57.2 Å². The maximum absolute atomic E-state index is 12.9. The minimum atomic E-state index is -0.892. The molecule has 0 fully saturated rings. The Morgan fingerprint density at radius 2 is 1.77 bits per heavy atom. The Morgan fingerprint density at radius 1 is 1.07 bits per heavy atom. The topological polar surface area (TPSA) is 156 Å². The number of benzene rings is 1. The van der Waals surface area contributed by atoms with Crippen LogP contribution < -0.4 is 22.1 Å². The zero-order valence-corrected chi connectivity index (χ0v) is 17.1. The highest BCUT2D eigenvalue weighted by Crippen LogP contribution is 2.07. The first-order valence-electron chi connectivity index (χ1n) is 10.1. The molecule has 3 atom stereocenters. The van der Waals surface area contributed by atoms with E-state index in [9.17, 15) is 14.4 Å². The highest BCUT2D eigenvalue weighted by molar-refractivity contribution is 5.92. The lowest BCUT2D eigenvalue weighted by atomic mass is 10.0. The van der Waals surface area contributed by atoms with Crippen molar-refractivity contribution in [1.29, 1.82) is 0 Å². The molecular weight excluding hydrogens is 384 g/mol. The van der Waals surface area contributed by atoms with Crippen LogP contribution in [-0.2, 0) is 27.2 Å². The van der Waals surface area contributed by atoms with Gasteiger partial charge in [0.25, 0.3) is 0 Å². The molecule has 30 heavy (non-hydrogen) atoms. The molecule has 2 aromatic rings. The molecule has 0 unspecified atom stereocenters. The van der Waals surface area contributed by atoms with E-state index in [1.165, 1.54) is 6.33 Å². The number of nitrogens with one attached hydrogen (secondary N) is 3. The van der Waals surface area contributed by atoms with E-state index in [0.717, 1.165) is 24.1 Å². The van der Waals surface area contributed by atoms with Crippen LogP contribution in [0.3, 0.4) is 0 Å². The van der Waals surface area contributed by atoms with Crippen LogP contribution in [0.15, 0.2) is 42.9 Å². The molecule has 9 nitrogen and oxygen atoms in total. The minimum Gasteiger partial charge on any atom is -0.368 e. The highest BCUT2D eigenvalue weighted by Gasteiger charge is 2.27. The number of rotatable bonds is 12. The normalized spacial score (nSPS) is 13.8. The fraction of sp³-hybridized carbons (Fsp3) is 0.429. The third-order valence-corrected chi connectivity index (χ3v) is 4.75. The van der Waals surface area contributed by atoms with E-state index in [-0.39, 0.29) is 12.8 Å². The van der Waals surface area contributed by atoms with Crippen LogP contribution >= 0.6 is 0 Å². The van der Waals surface area contributed by atoms with Crippen LogP contribution in [0.4, 0.5) is 0 Å². The SMILES string of the molecule is CCCC[C@H](NC(=O)[C@H](Cc1ccccc1)NC(=O)[C@@H](N)Cc1cnc[nH]1)C(N)=O.